The minimum atomic E-state index is -3.82. The number of aryl methyl sites for hydroxylation is 2. The van der Waals surface area contributed by atoms with E-state index in [0.717, 1.165) is 24.8 Å². The minimum Gasteiger partial charge on any atom is -0.440 e. The van der Waals surface area contributed by atoms with Gasteiger partial charge in [-0.3, -0.25) is 4.68 Å². The standard InChI is InChI=1S/C19H22N4O3S/c1-14-21-19(18(26-14)15-8-4-3-5-9-15)27(24,25)23-11-7-6-10-17(23)16-12-20-22(2)13-16/h3-5,8-9,12-13,17H,6-7,10-11H2,1-2H3. The predicted octanol–water partition coefficient (Wildman–Crippen LogP) is 3.30. The van der Waals surface area contributed by atoms with Gasteiger partial charge in [0.25, 0.3) is 10.0 Å². The minimum absolute atomic E-state index is 0.0120. The highest BCUT2D eigenvalue weighted by atomic mass is 32.2. The van der Waals surface area contributed by atoms with Crippen molar-refractivity contribution in [1.29, 1.82) is 0 Å². The largest absolute Gasteiger partial charge is 0.440 e. The average molecular weight is 386 g/mol. The van der Waals surface area contributed by atoms with Crippen LogP contribution in [0.5, 0.6) is 0 Å². The van der Waals surface area contributed by atoms with E-state index in [1.165, 1.54) is 0 Å². The molecule has 1 fully saturated rings. The fourth-order valence-corrected chi connectivity index (χ4v) is 5.40. The molecule has 0 aliphatic carbocycles. The van der Waals surface area contributed by atoms with Crippen molar-refractivity contribution in [2.45, 2.75) is 37.3 Å². The predicted molar refractivity (Wildman–Crippen MR) is 100 cm³/mol. The fourth-order valence-electron chi connectivity index (χ4n) is 3.60. The molecular formula is C19H22N4O3S. The van der Waals surface area contributed by atoms with E-state index in [9.17, 15) is 8.42 Å². The number of hydrogen-bond acceptors (Lipinski definition) is 5. The molecule has 1 saturated heterocycles. The number of oxazole rings is 1. The van der Waals surface area contributed by atoms with E-state index in [1.807, 2.05) is 43.6 Å². The monoisotopic (exact) mass is 386 g/mol. The molecule has 3 heterocycles. The molecule has 1 aliphatic rings. The first-order chi connectivity index (χ1) is 13.0. The Bertz CT molecular complexity index is 1040. The molecule has 0 amide bonds. The number of piperidine rings is 1. The lowest BCUT2D eigenvalue weighted by molar-refractivity contribution is 0.255. The van der Waals surface area contributed by atoms with Crippen LogP contribution < -0.4 is 0 Å². The van der Waals surface area contributed by atoms with E-state index in [2.05, 4.69) is 10.1 Å². The van der Waals surface area contributed by atoms with Crippen LogP contribution in [-0.4, -0.2) is 34.0 Å². The molecule has 1 atom stereocenters. The van der Waals surface area contributed by atoms with Gasteiger partial charge in [0.2, 0.25) is 5.03 Å². The summed E-state index contributed by atoms with van der Waals surface area (Å²) in [6.07, 6.45) is 6.19. The van der Waals surface area contributed by atoms with Crippen LogP contribution in [0.25, 0.3) is 11.3 Å². The quantitative estimate of drug-likeness (QED) is 0.687. The smallest absolute Gasteiger partial charge is 0.265 e. The summed E-state index contributed by atoms with van der Waals surface area (Å²) in [5.41, 5.74) is 1.61. The summed E-state index contributed by atoms with van der Waals surface area (Å²) in [4.78, 5) is 4.25. The SMILES string of the molecule is Cc1nc(S(=O)(=O)N2CCCCC2c2cnn(C)c2)c(-c2ccccc2)o1. The third-order valence-electron chi connectivity index (χ3n) is 4.86. The van der Waals surface area contributed by atoms with Crippen molar-refractivity contribution in [2.75, 3.05) is 6.54 Å². The van der Waals surface area contributed by atoms with Gasteiger partial charge in [0, 0.05) is 37.8 Å². The van der Waals surface area contributed by atoms with Gasteiger partial charge >= 0.3 is 0 Å². The Labute approximate surface area is 158 Å². The van der Waals surface area contributed by atoms with E-state index in [4.69, 9.17) is 4.42 Å². The van der Waals surface area contributed by atoms with Crippen LogP contribution in [0.1, 0.15) is 36.8 Å². The van der Waals surface area contributed by atoms with Crippen molar-refractivity contribution in [1.82, 2.24) is 19.1 Å². The van der Waals surface area contributed by atoms with Gasteiger partial charge in [0.1, 0.15) is 0 Å². The van der Waals surface area contributed by atoms with Gasteiger partial charge in [-0.2, -0.15) is 9.40 Å². The third-order valence-corrected chi connectivity index (χ3v) is 6.68. The van der Waals surface area contributed by atoms with Crippen LogP contribution >= 0.6 is 0 Å². The van der Waals surface area contributed by atoms with Gasteiger partial charge in [-0.15, -0.1) is 0 Å². The van der Waals surface area contributed by atoms with E-state index in [-0.39, 0.29) is 11.1 Å². The molecule has 3 aromatic rings. The maximum absolute atomic E-state index is 13.6. The lowest BCUT2D eigenvalue weighted by atomic mass is 10.0. The number of aromatic nitrogens is 3. The summed E-state index contributed by atoms with van der Waals surface area (Å²) in [6, 6.07) is 9.00. The molecule has 8 heteroatoms. The van der Waals surface area contributed by atoms with Crippen molar-refractivity contribution in [3.63, 3.8) is 0 Å². The van der Waals surface area contributed by atoms with Crippen LogP contribution in [-0.2, 0) is 17.1 Å². The molecular weight excluding hydrogens is 364 g/mol. The summed E-state index contributed by atoms with van der Waals surface area (Å²) in [5, 5.41) is 4.20. The number of rotatable bonds is 4. The maximum atomic E-state index is 13.6. The number of nitrogens with zero attached hydrogens (tertiary/aromatic N) is 4. The summed E-state index contributed by atoms with van der Waals surface area (Å²) in [5.74, 6) is 0.631. The second kappa shape index (κ2) is 6.94. The highest BCUT2D eigenvalue weighted by Crippen LogP contribution is 2.38. The number of sulfonamides is 1. The van der Waals surface area contributed by atoms with Crippen molar-refractivity contribution in [3.8, 4) is 11.3 Å². The summed E-state index contributed by atoms with van der Waals surface area (Å²) in [7, 11) is -1.98. The molecule has 0 saturated carbocycles. The lowest BCUT2D eigenvalue weighted by Crippen LogP contribution is -2.38. The second-order valence-electron chi connectivity index (χ2n) is 6.81. The lowest BCUT2D eigenvalue weighted by Gasteiger charge is -2.33. The van der Waals surface area contributed by atoms with Crippen molar-refractivity contribution in [2.24, 2.45) is 7.05 Å². The molecule has 0 spiro atoms. The van der Waals surface area contributed by atoms with Gasteiger partial charge in [0.05, 0.1) is 12.2 Å². The number of hydrogen-bond donors (Lipinski definition) is 0. The molecule has 1 aliphatic heterocycles. The highest BCUT2D eigenvalue weighted by Gasteiger charge is 2.38. The Kier molecular flexibility index (Phi) is 4.61. The van der Waals surface area contributed by atoms with Crippen LogP contribution in [0.4, 0.5) is 0 Å². The summed E-state index contributed by atoms with van der Waals surface area (Å²) >= 11 is 0. The average Bonchev–Trinajstić information content (AvgIpc) is 3.28. The molecule has 142 valence electrons. The number of benzene rings is 1. The van der Waals surface area contributed by atoms with Gasteiger partial charge in [-0.05, 0) is 12.8 Å². The first-order valence-electron chi connectivity index (χ1n) is 9.00. The summed E-state index contributed by atoms with van der Waals surface area (Å²) < 4.78 is 36.1. The zero-order valence-electron chi connectivity index (χ0n) is 15.4. The fraction of sp³-hybridized carbons (Fsp3) is 0.368. The van der Waals surface area contributed by atoms with Crippen LogP contribution in [0, 0.1) is 6.92 Å². The first-order valence-corrected chi connectivity index (χ1v) is 10.4. The molecule has 0 radical (unpaired) electrons. The molecule has 0 bridgehead atoms. The van der Waals surface area contributed by atoms with Crippen LogP contribution in [0.2, 0.25) is 0 Å². The van der Waals surface area contributed by atoms with Gasteiger partial charge < -0.3 is 4.42 Å². The van der Waals surface area contributed by atoms with Crippen LogP contribution in [0.15, 0.2) is 52.2 Å². The molecule has 4 rings (SSSR count). The third kappa shape index (κ3) is 3.30. The van der Waals surface area contributed by atoms with Crippen LogP contribution in [0.3, 0.4) is 0 Å². The molecule has 2 aromatic heterocycles. The maximum Gasteiger partial charge on any atom is 0.265 e. The van der Waals surface area contributed by atoms with E-state index in [1.54, 1.807) is 22.1 Å². The molecule has 1 aromatic carbocycles. The van der Waals surface area contributed by atoms with E-state index in [0.29, 0.717) is 23.8 Å². The Morgan fingerprint density at radius 2 is 1.96 bits per heavy atom. The van der Waals surface area contributed by atoms with Crippen molar-refractivity contribution < 1.29 is 12.8 Å². The van der Waals surface area contributed by atoms with E-state index >= 15 is 0 Å². The molecule has 7 nitrogen and oxygen atoms in total. The Balaban J connectivity index is 1.79. The van der Waals surface area contributed by atoms with Crippen molar-refractivity contribution in [3.05, 3.63) is 54.2 Å². The molecule has 27 heavy (non-hydrogen) atoms. The first kappa shape index (κ1) is 17.9. The Morgan fingerprint density at radius 3 is 2.67 bits per heavy atom. The van der Waals surface area contributed by atoms with Gasteiger partial charge in [-0.1, -0.05) is 36.8 Å². The van der Waals surface area contributed by atoms with Gasteiger partial charge in [-0.25, -0.2) is 13.4 Å². The van der Waals surface area contributed by atoms with E-state index < -0.39 is 10.0 Å². The molecule has 0 N–H and O–H groups in total. The topological polar surface area (TPSA) is 81.2 Å². The Hall–Kier alpha value is -2.45. The summed E-state index contributed by atoms with van der Waals surface area (Å²) in [6.45, 7) is 2.13. The Morgan fingerprint density at radius 1 is 1.19 bits per heavy atom. The van der Waals surface area contributed by atoms with Gasteiger partial charge in [0.15, 0.2) is 11.7 Å². The second-order valence-corrected chi connectivity index (χ2v) is 8.61. The van der Waals surface area contributed by atoms with Crippen molar-refractivity contribution >= 4 is 10.0 Å². The normalized spacial score (nSPS) is 18.7. The zero-order chi connectivity index (χ0) is 19.0. The molecule has 1 unspecified atom stereocenters. The zero-order valence-corrected chi connectivity index (χ0v) is 16.2. The highest BCUT2D eigenvalue weighted by molar-refractivity contribution is 7.89.